The fourth-order valence-electron chi connectivity index (χ4n) is 1.98. The minimum Gasteiger partial charge on any atom is -0.461 e. The molecule has 20 heavy (non-hydrogen) atoms. The number of nitrogens with zero attached hydrogens (tertiary/aromatic N) is 3. The van der Waals surface area contributed by atoms with Crippen molar-refractivity contribution >= 4 is 5.71 Å². The first-order chi connectivity index (χ1) is 9.85. The molecule has 0 spiro atoms. The average molecular weight is 276 g/mol. The van der Waals surface area contributed by atoms with E-state index in [2.05, 4.69) is 27.5 Å². The van der Waals surface area contributed by atoms with E-state index in [9.17, 15) is 0 Å². The van der Waals surface area contributed by atoms with Crippen LogP contribution in [0.4, 0.5) is 0 Å². The van der Waals surface area contributed by atoms with Gasteiger partial charge >= 0.3 is 0 Å². The van der Waals surface area contributed by atoms with E-state index in [1.165, 1.54) is 0 Å². The van der Waals surface area contributed by atoms with Crippen LogP contribution in [-0.2, 0) is 11.4 Å². The van der Waals surface area contributed by atoms with Crippen LogP contribution in [0.2, 0.25) is 0 Å². The number of hydrogen-bond donors (Lipinski definition) is 1. The summed E-state index contributed by atoms with van der Waals surface area (Å²) in [5, 5.41) is 11.1. The lowest BCUT2D eigenvalue weighted by atomic mass is 10.1. The Morgan fingerprint density at radius 3 is 3.15 bits per heavy atom. The van der Waals surface area contributed by atoms with Crippen molar-refractivity contribution in [2.45, 2.75) is 32.4 Å². The quantitative estimate of drug-likeness (QED) is 0.868. The van der Waals surface area contributed by atoms with Crippen LogP contribution in [0, 0.1) is 0 Å². The molecule has 0 bridgehead atoms. The molecule has 0 radical (unpaired) electrons. The van der Waals surface area contributed by atoms with Crippen LogP contribution in [0.25, 0.3) is 11.6 Å². The lowest BCUT2D eigenvalue weighted by Gasteiger charge is -2.07. The number of hydrogen-bond acceptors (Lipinski definition) is 7. The molecule has 0 fully saturated rings. The standard InChI is InChI=1S/C13H16N4O3/c1-2-9-6-10(19-16-9)7-14-8-12-15-13(17-20-12)11-4-3-5-18-11/h3-5,10,14H,2,6-8H2,1H3/t10-/m1/s1. The highest BCUT2D eigenvalue weighted by molar-refractivity contribution is 5.85. The molecular formula is C13H16N4O3. The summed E-state index contributed by atoms with van der Waals surface area (Å²) < 4.78 is 10.3. The van der Waals surface area contributed by atoms with Crippen molar-refractivity contribution in [2.24, 2.45) is 5.16 Å². The van der Waals surface area contributed by atoms with E-state index in [0.29, 0.717) is 30.6 Å². The zero-order chi connectivity index (χ0) is 13.8. The van der Waals surface area contributed by atoms with E-state index < -0.39 is 0 Å². The molecule has 7 nitrogen and oxygen atoms in total. The molecule has 1 aliphatic rings. The van der Waals surface area contributed by atoms with Crippen LogP contribution in [0.5, 0.6) is 0 Å². The highest BCUT2D eigenvalue weighted by atomic mass is 16.6. The SMILES string of the molecule is CCC1=NO[C@@H](CNCc2nc(-c3ccco3)no2)C1. The van der Waals surface area contributed by atoms with E-state index in [0.717, 1.165) is 18.6 Å². The van der Waals surface area contributed by atoms with Crippen molar-refractivity contribution < 1.29 is 13.8 Å². The molecule has 0 amide bonds. The second kappa shape index (κ2) is 5.87. The highest BCUT2D eigenvalue weighted by Gasteiger charge is 2.19. The summed E-state index contributed by atoms with van der Waals surface area (Å²) in [7, 11) is 0. The number of furan rings is 1. The molecule has 2 aromatic heterocycles. The average Bonchev–Trinajstić information content (AvgIpc) is 3.20. The lowest BCUT2D eigenvalue weighted by Crippen LogP contribution is -2.26. The minimum atomic E-state index is 0.0948. The third kappa shape index (κ3) is 2.88. The predicted octanol–water partition coefficient (Wildman–Crippen LogP) is 1.97. The van der Waals surface area contributed by atoms with Gasteiger partial charge in [-0.25, -0.2) is 0 Å². The zero-order valence-electron chi connectivity index (χ0n) is 11.2. The van der Waals surface area contributed by atoms with Crippen molar-refractivity contribution in [1.82, 2.24) is 15.5 Å². The van der Waals surface area contributed by atoms with E-state index in [1.54, 1.807) is 18.4 Å². The Morgan fingerprint density at radius 2 is 2.40 bits per heavy atom. The summed E-state index contributed by atoms with van der Waals surface area (Å²) >= 11 is 0. The van der Waals surface area contributed by atoms with Gasteiger partial charge in [-0.15, -0.1) is 0 Å². The van der Waals surface area contributed by atoms with E-state index in [-0.39, 0.29) is 6.10 Å². The summed E-state index contributed by atoms with van der Waals surface area (Å²) in [6, 6.07) is 3.57. The molecule has 1 N–H and O–H groups in total. The van der Waals surface area contributed by atoms with E-state index in [4.69, 9.17) is 13.8 Å². The third-order valence-electron chi connectivity index (χ3n) is 3.06. The topological polar surface area (TPSA) is 85.7 Å². The lowest BCUT2D eigenvalue weighted by molar-refractivity contribution is 0.0842. The first kappa shape index (κ1) is 12.9. The van der Waals surface area contributed by atoms with E-state index >= 15 is 0 Å². The summed E-state index contributed by atoms with van der Waals surface area (Å²) in [5.74, 6) is 1.58. The fraction of sp³-hybridized carbons (Fsp3) is 0.462. The van der Waals surface area contributed by atoms with Crippen LogP contribution in [-0.4, -0.2) is 28.5 Å². The Morgan fingerprint density at radius 1 is 1.45 bits per heavy atom. The molecule has 0 saturated heterocycles. The molecule has 3 heterocycles. The minimum absolute atomic E-state index is 0.0948. The third-order valence-corrected chi connectivity index (χ3v) is 3.06. The van der Waals surface area contributed by atoms with Gasteiger partial charge in [-0.05, 0) is 18.6 Å². The van der Waals surface area contributed by atoms with E-state index in [1.807, 2.05) is 0 Å². The predicted molar refractivity (Wildman–Crippen MR) is 70.9 cm³/mol. The molecule has 1 atom stereocenters. The van der Waals surface area contributed by atoms with Crippen molar-refractivity contribution in [1.29, 1.82) is 0 Å². The van der Waals surface area contributed by atoms with Crippen molar-refractivity contribution in [3.8, 4) is 11.6 Å². The van der Waals surface area contributed by atoms with Gasteiger partial charge in [0.05, 0.1) is 18.5 Å². The molecule has 2 aromatic rings. The highest BCUT2D eigenvalue weighted by Crippen LogP contribution is 2.16. The molecule has 0 aromatic carbocycles. The van der Waals surface area contributed by atoms with Crippen LogP contribution < -0.4 is 5.32 Å². The Hall–Kier alpha value is -2.15. The van der Waals surface area contributed by atoms with Crippen LogP contribution >= 0.6 is 0 Å². The summed E-state index contributed by atoms with van der Waals surface area (Å²) in [6.45, 7) is 3.27. The molecule has 7 heteroatoms. The van der Waals surface area contributed by atoms with Gasteiger partial charge in [-0.1, -0.05) is 17.2 Å². The zero-order valence-corrected chi connectivity index (χ0v) is 11.2. The van der Waals surface area contributed by atoms with Gasteiger partial charge in [-0.2, -0.15) is 4.98 Å². The molecular weight excluding hydrogens is 260 g/mol. The first-order valence-corrected chi connectivity index (χ1v) is 6.64. The van der Waals surface area contributed by atoms with Crippen LogP contribution in [0.1, 0.15) is 25.7 Å². The van der Waals surface area contributed by atoms with Crippen molar-refractivity contribution in [2.75, 3.05) is 6.54 Å². The Balaban J connectivity index is 1.45. The Labute approximate surface area is 116 Å². The maximum absolute atomic E-state index is 5.30. The van der Waals surface area contributed by atoms with Crippen LogP contribution in [0.3, 0.4) is 0 Å². The second-order valence-electron chi connectivity index (χ2n) is 4.56. The monoisotopic (exact) mass is 276 g/mol. The van der Waals surface area contributed by atoms with Gasteiger partial charge in [0.25, 0.3) is 0 Å². The summed E-state index contributed by atoms with van der Waals surface area (Å²) in [5.41, 5.74) is 1.11. The van der Waals surface area contributed by atoms with Gasteiger partial charge < -0.3 is 19.1 Å². The van der Waals surface area contributed by atoms with Gasteiger partial charge in [0.15, 0.2) is 5.76 Å². The first-order valence-electron chi connectivity index (χ1n) is 6.64. The molecule has 1 aliphatic heterocycles. The molecule has 0 saturated carbocycles. The number of oxime groups is 1. The molecule has 0 aliphatic carbocycles. The maximum atomic E-state index is 5.30. The van der Waals surface area contributed by atoms with Crippen LogP contribution in [0.15, 0.2) is 32.5 Å². The second-order valence-corrected chi connectivity index (χ2v) is 4.56. The Bertz CT molecular complexity index is 576. The van der Waals surface area contributed by atoms with Crippen molar-refractivity contribution in [3.63, 3.8) is 0 Å². The van der Waals surface area contributed by atoms with Gasteiger partial charge in [0, 0.05) is 13.0 Å². The number of aromatic nitrogens is 2. The molecule has 106 valence electrons. The smallest absolute Gasteiger partial charge is 0.241 e. The summed E-state index contributed by atoms with van der Waals surface area (Å²) in [6.07, 6.45) is 3.49. The van der Waals surface area contributed by atoms with Gasteiger partial charge in [0.2, 0.25) is 11.7 Å². The normalized spacial score (nSPS) is 18.1. The Kier molecular flexibility index (Phi) is 3.78. The van der Waals surface area contributed by atoms with Gasteiger partial charge in [-0.3, -0.25) is 0 Å². The van der Waals surface area contributed by atoms with Gasteiger partial charge in [0.1, 0.15) is 6.10 Å². The number of rotatable bonds is 6. The fourth-order valence-corrected chi connectivity index (χ4v) is 1.98. The number of nitrogens with one attached hydrogen (secondary N) is 1. The van der Waals surface area contributed by atoms with Crippen molar-refractivity contribution in [3.05, 3.63) is 24.3 Å². The molecule has 0 unspecified atom stereocenters. The summed E-state index contributed by atoms with van der Waals surface area (Å²) in [4.78, 5) is 9.55. The maximum Gasteiger partial charge on any atom is 0.241 e. The largest absolute Gasteiger partial charge is 0.461 e. The molecule has 3 rings (SSSR count).